The maximum Gasteiger partial charge on any atom is 0.132 e. The van der Waals surface area contributed by atoms with Gasteiger partial charge in [0, 0.05) is 18.2 Å². The van der Waals surface area contributed by atoms with E-state index < -0.39 is 0 Å². The van der Waals surface area contributed by atoms with Crippen molar-refractivity contribution in [2.24, 2.45) is 0 Å². The highest BCUT2D eigenvalue weighted by atomic mass is 19.1. The average Bonchev–Trinajstić information content (AvgIpc) is 2.43. The predicted octanol–water partition coefficient (Wildman–Crippen LogP) is 4.73. The van der Waals surface area contributed by atoms with E-state index in [1.54, 1.807) is 6.07 Å². The highest BCUT2D eigenvalue weighted by Crippen LogP contribution is 2.29. The fourth-order valence-corrected chi connectivity index (χ4v) is 2.04. The minimum Gasteiger partial charge on any atom is -0.457 e. The van der Waals surface area contributed by atoms with Gasteiger partial charge in [0.2, 0.25) is 0 Å². The Labute approximate surface area is 126 Å². The molecule has 0 spiro atoms. The van der Waals surface area contributed by atoms with Crippen molar-refractivity contribution in [2.45, 2.75) is 40.3 Å². The number of ether oxygens (including phenoxy) is 1. The zero-order valence-corrected chi connectivity index (χ0v) is 13.0. The molecule has 0 aliphatic heterocycles. The largest absolute Gasteiger partial charge is 0.457 e. The summed E-state index contributed by atoms with van der Waals surface area (Å²) in [4.78, 5) is 0. The van der Waals surface area contributed by atoms with E-state index in [1.807, 2.05) is 32.0 Å². The molecule has 3 heteroatoms. The lowest BCUT2D eigenvalue weighted by Crippen LogP contribution is -2.22. The maximum absolute atomic E-state index is 13.5. The number of benzene rings is 2. The lowest BCUT2D eigenvalue weighted by Gasteiger charge is -2.15. The molecule has 0 saturated carbocycles. The van der Waals surface area contributed by atoms with Gasteiger partial charge in [0.15, 0.2) is 0 Å². The molecule has 0 aromatic heterocycles. The fourth-order valence-electron chi connectivity index (χ4n) is 2.04. The van der Waals surface area contributed by atoms with Crippen LogP contribution in [0.4, 0.5) is 4.39 Å². The van der Waals surface area contributed by atoms with Crippen molar-refractivity contribution in [3.63, 3.8) is 0 Å². The minimum atomic E-state index is -0.246. The monoisotopic (exact) mass is 287 g/mol. The van der Waals surface area contributed by atoms with E-state index in [9.17, 15) is 4.39 Å². The Hall–Kier alpha value is -1.87. The van der Waals surface area contributed by atoms with Gasteiger partial charge in [0.1, 0.15) is 17.3 Å². The SMILES string of the molecule is Cc1ccc(C)c(Oc2ccc(F)cc2CNC(C)C)c1. The Morgan fingerprint density at radius 2 is 1.81 bits per heavy atom. The Morgan fingerprint density at radius 1 is 1.05 bits per heavy atom. The van der Waals surface area contributed by atoms with Gasteiger partial charge >= 0.3 is 0 Å². The van der Waals surface area contributed by atoms with Crippen LogP contribution in [-0.4, -0.2) is 6.04 Å². The molecule has 0 heterocycles. The maximum atomic E-state index is 13.5. The quantitative estimate of drug-likeness (QED) is 0.858. The van der Waals surface area contributed by atoms with Crippen LogP contribution < -0.4 is 10.1 Å². The molecule has 0 atom stereocenters. The third kappa shape index (κ3) is 4.30. The molecule has 2 aromatic carbocycles. The first-order valence-corrected chi connectivity index (χ1v) is 7.22. The van der Waals surface area contributed by atoms with E-state index in [0.717, 1.165) is 22.4 Å². The van der Waals surface area contributed by atoms with Gasteiger partial charge < -0.3 is 10.1 Å². The first kappa shape index (κ1) is 15.5. The van der Waals surface area contributed by atoms with Gasteiger partial charge in [0.25, 0.3) is 0 Å². The highest BCUT2D eigenvalue weighted by Gasteiger charge is 2.09. The topological polar surface area (TPSA) is 21.3 Å². The van der Waals surface area contributed by atoms with Gasteiger partial charge in [0.05, 0.1) is 0 Å². The third-order valence-corrected chi connectivity index (χ3v) is 3.29. The number of rotatable bonds is 5. The van der Waals surface area contributed by atoms with Gasteiger partial charge in [-0.2, -0.15) is 0 Å². The van der Waals surface area contributed by atoms with Crippen LogP contribution in [0, 0.1) is 19.7 Å². The summed E-state index contributed by atoms with van der Waals surface area (Å²) in [5.41, 5.74) is 3.02. The van der Waals surface area contributed by atoms with Crippen LogP contribution in [0.2, 0.25) is 0 Å². The van der Waals surface area contributed by atoms with Crippen LogP contribution in [0.3, 0.4) is 0 Å². The first-order chi connectivity index (χ1) is 9.95. The van der Waals surface area contributed by atoms with Gasteiger partial charge in [-0.25, -0.2) is 4.39 Å². The molecule has 2 nitrogen and oxygen atoms in total. The minimum absolute atomic E-state index is 0.246. The molecule has 0 bridgehead atoms. The zero-order valence-electron chi connectivity index (χ0n) is 13.0. The molecule has 0 aliphatic carbocycles. The van der Waals surface area contributed by atoms with Gasteiger partial charge in [-0.05, 0) is 49.2 Å². The molecule has 0 aliphatic rings. The van der Waals surface area contributed by atoms with Crippen LogP contribution in [0.15, 0.2) is 36.4 Å². The molecule has 21 heavy (non-hydrogen) atoms. The predicted molar refractivity (Wildman–Crippen MR) is 84.4 cm³/mol. The molecule has 1 N–H and O–H groups in total. The van der Waals surface area contributed by atoms with Gasteiger partial charge in [-0.3, -0.25) is 0 Å². The van der Waals surface area contributed by atoms with E-state index in [0.29, 0.717) is 18.3 Å². The smallest absolute Gasteiger partial charge is 0.132 e. The van der Waals surface area contributed by atoms with Crippen molar-refractivity contribution in [1.29, 1.82) is 0 Å². The second kappa shape index (κ2) is 6.72. The van der Waals surface area contributed by atoms with E-state index in [1.165, 1.54) is 12.1 Å². The Kier molecular flexibility index (Phi) is 4.97. The number of hydrogen-bond donors (Lipinski definition) is 1. The molecule has 2 rings (SSSR count). The van der Waals surface area contributed by atoms with Crippen LogP contribution in [0.1, 0.15) is 30.5 Å². The molecular weight excluding hydrogens is 265 g/mol. The summed E-state index contributed by atoms with van der Waals surface area (Å²) in [6.07, 6.45) is 0. The molecule has 2 aromatic rings. The first-order valence-electron chi connectivity index (χ1n) is 7.22. The molecule has 0 unspecified atom stereocenters. The summed E-state index contributed by atoms with van der Waals surface area (Å²) in [6.45, 7) is 8.73. The number of aryl methyl sites for hydroxylation is 2. The molecule has 0 radical (unpaired) electrons. The van der Waals surface area contributed by atoms with Gasteiger partial charge in [-0.1, -0.05) is 26.0 Å². The van der Waals surface area contributed by atoms with Crippen molar-refractivity contribution < 1.29 is 9.13 Å². The van der Waals surface area contributed by atoms with Crippen molar-refractivity contribution in [3.05, 3.63) is 58.9 Å². The second-order valence-electron chi connectivity index (χ2n) is 5.66. The third-order valence-electron chi connectivity index (χ3n) is 3.29. The molecule has 112 valence electrons. The second-order valence-corrected chi connectivity index (χ2v) is 5.66. The molecular formula is C18H22FNO. The van der Waals surface area contributed by atoms with Crippen molar-refractivity contribution in [1.82, 2.24) is 5.32 Å². The van der Waals surface area contributed by atoms with E-state index in [-0.39, 0.29) is 5.82 Å². The summed E-state index contributed by atoms with van der Waals surface area (Å²) in [5, 5.41) is 3.29. The summed E-state index contributed by atoms with van der Waals surface area (Å²) < 4.78 is 19.5. The van der Waals surface area contributed by atoms with Gasteiger partial charge in [-0.15, -0.1) is 0 Å². The molecule has 0 fully saturated rings. The van der Waals surface area contributed by atoms with Crippen molar-refractivity contribution in [3.8, 4) is 11.5 Å². The highest BCUT2D eigenvalue weighted by molar-refractivity contribution is 5.42. The Balaban J connectivity index is 2.28. The van der Waals surface area contributed by atoms with Crippen LogP contribution in [-0.2, 0) is 6.54 Å². The number of halogens is 1. The fraction of sp³-hybridized carbons (Fsp3) is 0.333. The summed E-state index contributed by atoms with van der Waals surface area (Å²) in [7, 11) is 0. The summed E-state index contributed by atoms with van der Waals surface area (Å²) >= 11 is 0. The average molecular weight is 287 g/mol. The van der Waals surface area contributed by atoms with Crippen LogP contribution in [0.25, 0.3) is 0 Å². The van der Waals surface area contributed by atoms with Crippen LogP contribution in [0.5, 0.6) is 11.5 Å². The summed E-state index contributed by atoms with van der Waals surface area (Å²) in [6, 6.07) is 11.1. The van der Waals surface area contributed by atoms with E-state index >= 15 is 0 Å². The normalized spacial score (nSPS) is 11.0. The van der Waals surface area contributed by atoms with E-state index in [4.69, 9.17) is 4.74 Å². The zero-order chi connectivity index (χ0) is 15.4. The molecule has 0 saturated heterocycles. The lowest BCUT2D eigenvalue weighted by atomic mass is 10.1. The van der Waals surface area contributed by atoms with Crippen molar-refractivity contribution >= 4 is 0 Å². The summed E-state index contributed by atoms with van der Waals surface area (Å²) in [5.74, 6) is 1.26. The Bertz CT molecular complexity index is 623. The lowest BCUT2D eigenvalue weighted by molar-refractivity contribution is 0.463. The standard InChI is InChI=1S/C18H22FNO/c1-12(2)20-11-15-10-16(19)7-8-17(15)21-18-9-13(3)5-6-14(18)4/h5-10,12,20H,11H2,1-4H3. The van der Waals surface area contributed by atoms with E-state index in [2.05, 4.69) is 19.2 Å². The number of hydrogen-bond acceptors (Lipinski definition) is 2. The van der Waals surface area contributed by atoms with Crippen LogP contribution >= 0.6 is 0 Å². The van der Waals surface area contributed by atoms with Crippen molar-refractivity contribution in [2.75, 3.05) is 0 Å². The number of nitrogens with one attached hydrogen (secondary N) is 1. The Morgan fingerprint density at radius 3 is 2.52 bits per heavy atom. The molecule has 0 amide bonds.